The van der Waals surface area contributed by atoms with Crippen LogP contribution in [0.15, 0.2) is 60.6 Å². The number of aliphatic hydroxyl groups is 4. The summed E-state index contributed by atoms with van der Waals surface area (Å²) >= 11 is 1.64. The zero-order chi connectivity index (χ0) is 26.8. The van der Waals surface area contributed by atoms with Crippen molar-refractivity contribution in [3.05, 3.63) is 76.6 Å². The van der Waals surface area contributed by atoms with Gasteiger partial charge in [0.05, 0.1) is 49.2 Å². The van der Waals surface area contributed by atoms with Crippen LogP contribution in [0.4, 0.5) is 0 Å². The first kappa shape index (κ1) is 26.8. The van der Waals surface area contributed by atoms with Gasteiger partial charge in [-0.3, -0.25) is 0 Å². The van der Waals surface area contributed by atoms with Crippen molar-refractivity contribution in [2.24, 2.45) is 0 Å². The van der Waals surface area contributed by atoms with Crippen molar-refractivity contribution in [3.63, 3.8) is 0 Å². The zero-order valence-corrected chi connectivity index (χ0v) is 22.0. The van der Waals surface area contributed by atoms with Gasteiger partial charge in [-0.2, -0.15) is 0 Å². The molecule has 1 aromatic heterocycles. The van der Waals surface area contributed by atoms with Crippen LogP contribution in [0.2, 0.25) is 0 Å². The largest absolute Gasteiger partial charge is 0.496 e. The summed E-state index contributed by atoms with van der Waals surface area (Å²) < 4.78 is 16.8. The second-order valence-corrected chi connectivity index (χ2v) is 10.5. The quantitative estimate of drug-likeness (QED) is 0.390. The fourth-order valence-corrected chi connectivity index (χ4v) is 6.00. The maximum Gasteiger partial charge on any atom is 0.137 e. The van der Waals surface area contributed by atoms with Gasteiger partial charge < -0.3 is 39.5 Å². The molecule has 6 atom stereocenters. The van der Waals surface area contributed by atoms with Crippen molar-refractivity contribution >= 4 is 33.9 Å². The first-order chi connectivity index (χ1) is 18.4. The topological polar surface area (TPSA) is 112 Å². The van der Waals surface area contributed by atoms with Crippen molar-refractivity contribution < 1.29 is 34.6 Å². The molecule has 3 aliphatic heterocycles. The number of benzene rings is 2. The Hall–Kier alpha value is -2.76. The van der Waals surface area contributed by atoms with E-state index in [9.17, 15) is 15.3 Å². The van der Waals surface area contributed by atoms with E-state index in [-0.39, 0.29) is 25.5 Å². The number of thiophene rings is 1. The van der Waals surface area contributed by atoms with Crippen LogP contribution in [-0.2, 0) is 9.47 Å². The number of rotatable bonds is 5. The second kappa shape index (κ2) is 11.5. The number of aliphatic hydroxyl groups excluding tert-OH is 4. The summed E-state index contributed by atoms with van der Waals surface area (Å²) in [5.41, 5.74) is 2.97. The Morgan fingerprint density at radius 1 is 1.00 bits per heavy atom. The van der Waals surface area contributed by atoms with Crippen LogP contribution in [-0.4, -0.2) is 76.3 Å². The molecule has 4 N–H and O–H groups in total. The van der Waals surface area contributed by atoms with Gasteiger partial charge in [0.2, 0.25) is 0 Å². The highest BCUT2D eigenvalue weighted by Crippen LogP contribution is 2.40. The van der Waals surface area contributed by atoms with E-state index in [1.165, 1.54) is 5.56 Å². The summed E-state index contributed by atoms with van der Waals surface area (Å²) in [5.74, 6) is 0.750. The number of hydrogen-bond donors (Lipinski definition) is 4. The molecule has 8 nitrogen and oxygen atoms in total. The van der Waals surface area contributed by atoms with Gasteiger partial charge in [-0.05, 0) is 46.0 Å². The van der Waals surface area contributed by atoms with E-state index in [0.29, 0.717) is 12.8 Å². The van der Waals surface area contributed by atoms with Crippen molar-refractivity contribution in [1.82, 2.24) is 4.90 Å². The molecule has 2 unspecified atom stereocenters. The van der Waals surface area contributed by atoms with Crippen LogP contribution < -0.4 is 4.74 Å². The van der Waals surface area contributed by atoms with Gasteiger partial charge in [0.25, 0.3) is 0 Å². The number of hydrogen-bond acceptors (Lipinski definition) is 9. The summed E-state index contributed by atoms with van der Waals surface area (Å²) in [6, 6.07) is 14.1. The standard InChI is InChI=1S/C16H18O4.C13H15NO3S/c1-19-14-7-11-5-3-2-4-10(11)6-12(14)15-8-13(18)16(9-17)20-15;1-8-13-9(3-5-18-13)2-4-14(8)12-6-10(16)11(7-15)17-12/h2-7,13,15-18H,8-9H2,1H3;2-5,10-12,15-16H,1,6-7H2/t13?,15-,16-;10?,11-,12-/m11/s1. The molecule has 2 fully saturated rings. The highest BCUT2D eigenvalue weighted by molar-refractivity contribution is 7.11. The second-order valence-electron chi connectivity index (χ2n) is 9.58. The lowest BCUT2D eigenvalue weighted by Gasteiger charge is -2.31. The van der Waals surface area contributed by atoms with E-state index in [1.54, 1.807) is 18.4 Å². The van der Waals surface area contributed by atoms with E-state index in [4.69, 9.17) is 19.3 Å². The SMILES string of the molecule is C=C1c2sccc2C=CN1[C@H]1CC(O)[C@@H](CO)O1.COc1cc2ccccc2cc1[C@H]1CC(O)[C@@H](CO)O1. The molecule has 0 saturated carbocycles. The number of nitrogens with zero attached hydrogens (tertiary/aromatic N) is 1. The summed E-state index contributed by atoms with van der Waals surface area (Å²) in [7, 11) is 1.63. The summed E-state index contributed by atoms with van der Waals surface area (Å²) in [6.45, 7) is 3.76. The zero-order valence-electron chi connectivity index (χ0n) is 21.1. The van der Waals surface area contributed by atoms with E-state index in [2.05, 4.69) is 12.6 Å². The Balaban J connectivity index is 0.000000156. The molecule has 202 valence electrons. The summed E-state index contributed by atoms with van der Waals surface area (Å²) in [5, 5.41) is 42.2. The van der Waals surface area contributed by atoms with Crippen LogP contribution in [0, 0.1) is 0 Å². The molecule has 0 spiro atoms. The Morgan fingerprint density at radius 2 is 1.68 bits per heavy atom. The highest BCUT2D eigenvalue weighted by Gasteiger charge is 2.38. The molecule has 3 aromatic rings. The average molecular weight is 540 g/mol. The maximum absolute atomic E-state index is 9.87. The molecular formula is C29H33NO7S. The fourth-order valence-electron chi connectivity index (χ4n) is 5.13. The van der Waals surface area contributed by atoms with Gasteiger partial charge >= 0.3 is 0 Å². The molecule has 9 heteroatoms. The summed E-state index contributed by atoms with van der Waals surface area (Å²) in [4.78, 5) is 3.06. The molecule has 2 saturated heterocycles. The molecule has 0 bridgehead atoms. The predicted octanol–water partition coefficient (Wildman–Crippen LogP) is 3.50. The Bertz CT molecular complexity index is 1310. The van der Waals surface area contributed by atoms with E-state index in [1.807, 2.05) is 59.0 Å². The minimum atomic E-state index is -0.638. The number of methoxy groups -OCH3 is 1. The predicted molar refractivity (Wildman–Crippen MR) is 146 cm³/mol. The smallest absolute Gasteiger partial charge is 0.137 e. The number of ether oxygens (including phenoxy) is 3. The van der Waals surface area contributed by atoms with Crippen molar-refractivity contribution in [1.29, 1.82) is 0 Å². The molecule has 0 amide bonds. The third-order valence-corrected chi connectivity index (χ3v) is 8.21. The van der Waals surface area contributed by atoms with Gasteiger partial charge in [-0.25, -0.2) is 0 Å². The Labute approximate surface area is 225 Å². The molecule has 0 aliphatic carbocycles. The third kappa shape index (κ3) is 5.23. The van der Waals surface area contributed by atoms with E-state index < -0.39 is 24.4 Å². The normalized spacial score (nSPS) is 28.3. The Morgan fingerprint density at radius 3 is 2.34 bits per heavy atom. The third-order valence-electron chi connectivity index (χ3n) is 7.23. The van der Waals surface area contributed by atoms with E-state index >= 15 is 0 Å². The molecule has 38 heavy (non-hydrogen) atoms. The highest BCUT2D eigenvalue weighted by atomic mass is 32.1. The molecule has 2 aromatic carbocycles. The van der Waals surface area contributed by atoms with Gasteiger partial charge in [0.15, 0.2) is 0 Å². The Kier molecular flexibility index (Phi) is 8.15. The minimum Gasteiger partial charge on any atom is -0.496 e. The van der Waals surface area contributed by atoms with Gasteiger partial charge in [-0.1, -0.05) is 30.8 Å². The van der Waals surface area contributed by atoms with Crippen molar-refractivity contribution in [2.45, 2.75) is 49.6 Å². The van der Waals surface area contributed by atoms with Crippen LogP contribution in [0.3, 0.4) is 0 Å². The van der Waals surface area contributed by atoms with E-state index in [0.717, 1.165) is 32.7 Å². The lowest BCUT2D eigenvalue weighted by molar-refractivity contribution is -0.0505. The fraction of sp³-hybridized carbons (Fsp3) is 0.379. The lowest BCUT2D eigenvalue weighted by Crippen LogP contribution is -2.30. The first-order valence-corrected chi connectivity index (χ1v) is 13.5. The molecule has 4 heterocycles. The monoisotopic (exact) mass is 539 g/mol. The van der Waals surface area contributed by atoms with Crippen LogP contribution in [0.5, 0.6) is 5.75 Å². The van der Waals surface area contributed by atoms with Crippen molar-refractivity contribution in [2.75, 3.05) is 20.3 Å². The maximum atomic E-state index is 9.87. The van der Waals surface area contributed by atoms with Gasteiger partial charge in [0, 0.05) is 24.6 Å². The first-order valence-electron chi connectivity index (χ1n) is 12.6. The van der Waals surface area contributed by atoms with Gasteiger partial charge in [-0.15, -0.1) is 11.3 Å². The molecule has 6 rings (SSSR count). The van der Waals surface area contributed by atoms with Crippen LogP contribution in [0.1, 0.15) is 34.9 Å². The van der Waals surface area contributed by atoms with Crippen LogP contribution in [0.25, 0.3) is 22.5 Å². The van der Waals surface area contributed by atoms with Gasteiger partial charge in [0.1, 0.15) is 24.2 Å². The average Bonchev–Trinajstić information content (AvgIpc) is 3.66. The minimum absolute atomic E-state index is 0.161. The number of fused-ring (bicyclic) bond motifs is 2. The molecule has 3 aliphatic rings. The lowest BCUT2D eigenvalue weighted by atomic mass is 9.99. The molecular weight excluding hydrogens is 506 g/mol. The molecule has 0 radical (unpaired) electrons. The van der Waals surface area contributed by atoms with Crippen molar-refractivity contribution in [3.8, 4) is 5.75 Å². The summed E-state index contributed by atoms with van der Waals surface area (Å²) in [6.07, 6.45) is 2.12. The van der Waals surface area contributed by atoms with Crippen LogP contribution >= 0.6 is 11.3 Å².